The molecule has 0 aliphatic carbocycles. The molecule has 0 radical (unpaired) electrons. The predicted octanol–water partition coefficient (Wildman–Crippen LogP) is 4.06. The van der Waals surface area contributed by atoms with Crippen LogP contribution in [0.15, 0.2) is 18.3 Å². The first-order valence-electron chi connectivity index (χ1n) is 6.52. The topological polar surface area (TPSA) is 56.2 Å². The SMILES string of the molecule is Cc1cc(C)c(CN)cn1.[C-]#[N+]c1c(C)cc(C)nc1Cl. The predicted molar refractivity (Wildman–Crippen MR) is 86.6 cm³/mol. The normalized spacial score (nSPS) is 9.57. The molecule has 0 aliphatic heterocycles. The highest BCUT2D eigenvalue weighted by Crippen LogP contribution is 2.26. The molecule has 2 N–H and O–H groups in total. The lowest BCUT2D eigenvalue weighted by molar-refractivity contribution is 1.01. The van der Waals surface area contributed by atoms with Crippen molar-refractivity contribution in [3.05, 3.63) is 63.0 Å². The van der Waals surface area contributed by atoms with Crippen LogP contribution < -0.4 is 5.73 Å². The van der Waals surface area contributed by atoms with Gasteiger partial charge in [-0.1, -0.05) is 11.6 Å². The fraction of sp³-hybridized carbons (Fsp3) is 0.312. The molecule has 110 valence electrons. The van der Waals surface area contributed by atoms with E-state index in [4.69, 9.17) is 23.9 Å². The van der Waals surface area contributed by atoms with Crippen LogP contribution in [0.2, 0.25) is 5.15 Å². The van der Waals surface area contributed by atoms with Crippen molar-refractivity contribution >= 4 is 17.3 Å². The molecule has 0 bridgehead atoms. The van der Waals surface area contributed by atoms with E-state index in [0.29, 0.717) is 17.4 Å². The highest BCUT2D eigenvalue weighted by molar-refractivity contribution is 6.32. The van der Waals surface area contributed by atoms with Crippen LogP contribution in [-0.2, 0) is 6.54 Å². The largest absolute Gasteiger partial charge is 0.326 e. The summed E-state index contributed by atoms with van der Waals surface area (Å²) in [5.41, 5.74) is 11.1. The maximum Gasteiger partial charge on any atom is 0.226 e. The molecule has 5 heteroatoms. The van der Waals surface area contributed by atoms with Crippen LogP contribution in [0, 0.1) is 34.3 Å². The second-order valence-corrected chi connectivity index (χ2v) is 5.15. The van der Waals surface area contributed by atoms with Crippen molar-refractivity contribution in [2.45, 2.75) is 34.2 Å². The highest BCUT2D eigenvalue weighted by atomic mass is 35.5. The molecular formula is C16H19ClN4. The number of hydrogen-bond donors (Lipinski definition) is 1. The van der Waals surface area contributed by atoms with Crippen molar-refractivity contribution in [2.24, 2.45) is 5.73 Å². The lowest BCUT2D eigenvalue weighted by Crippen LogP contribution is -2.00. The van der Waals surface area contributed by atoms with Gasteiger partial charge in [-0.05, 0) is 56.5 Å². The average molecular weight is 303 g/mol. The van der Waals surface area contributed by atoms with Crippen molar-refractivity contribution < 1.29 is 0 Å². The van der Waals surface area contributed by atoms with Crippen LogP contribution in [0.25, 0.3) is 4.85 Å². The lowest BCUT2D eigenvalue weighted by Gasteiger charge is -2.01. The fourth-order valence-electron chi connectivity index (χ4n) is 1.86. The van der Waals surface area contributed by atoms with Crippen molar-refractivity contribution in [1.82, 2.24) is 9.97 Å². The number of halogens is 1. The number of pyridine rings is 2. The molecule has 0 fully saturated rings. The molecular weight excluding hydrogens is 284 g/mol. The van der Waals surface area contributed by atoms with E-state index in [2.05, 4.69) is 21.7 Å². The number of aryl methyl sites for hydroxylation is 4. The maximum atomic E-state index is 6.80. The van der Waals surface area contributed by atoms with Gasteiger partial charge in [-0.2, -0.15) is 0 Å². The van der Waals surface area contributed by atoms with E-state index in [1.165, 1.54) is 5.56 Å². The Hall–Kier alpha value is -1.96. The third-order valence-corrected chi connectivity index (χ3v) is 3.22. The first-order valence-corrected chi connectivity index (χ1v) is 6.90. The molecule has 0 spiro atoms. The molecule has 0 unspecified atom stereocenters. The van der Waals surface area contributed by atoms with Gasteiger partial charge in [0, 0.05) is 24.1 Å². The van der Waals surface area contributed by atoms with Gasteiger partial charge in [0.1, 0.15) is 5.15 Å². The average Bonchev–Trinajstić information content (AvgIpc) is 2.39. The van der Waals surface area contributed by atoms with E-state index in [9.17, 15) is 0 Å². The van der Waals surface area contributed by atoms with E-state index in [1.54, 1.807) is 0 Å². The minimum absolute atomic E-state index is 0.303. The van der Waals surface area contributed by atoms with Crippen LogP contribution >= 0.6 is 11.6 Å². The summed E-state index contributed by atoms with van der Waals surface area (Å²) in [6, 6.07) is 3.89. The van der Waals surface area contributed by atoms with Crippen LogP contribution in [0.1, 0.15) is 28.1 Å². The molecule has 21 heavy (non-hydrogen) atoms. The standard InChI is InChI=1S/C8H7ClN2.C8H12N2/c1-5-4-6(2)11-8(9)7(5)10-3;1-6-3-7(2)10-5-8(6)4-9/h4H,1-2H3;3,5H,4,9H2,1-2H3. The van der Waals surface area contributed by atoms with E-state index in [-0.39, 0.29) is 0 Å². The lowest BCUT2D eigenvalue weighted by atomic mass is 10.1. The van der Waals surface area contributed by atoms with Gasteiger partial charge in [-0.25, -0.2) is 4.85 Å². The molecule has 0 atom stereocenters. The second kappa shape index (κ2) is 7.72. The molecule has 0 saturated heterocycles. The van der Waals surface area contributed by atoms with E-state index in [1.807, 2.05) is 39.1 Å². The summed E-state index contributed by atoms with van der Waals surface area (Å²) in [4.78, 5) is 11.4. The van der Waals surface area contributed by atoms with Crippen LogP contribution in [0.4, 0.5) is 5.69 Å². The maximum absolute atomic E-state index is 6.80. The summed E-state index contributed by atoms with van der Waals surface area (Å²) < 4.78 is 0. The van der Waals surface area contributed by atoms with Gasteiger partial charge in [-0.15, -0.1) is 0 Å². The fourth-order valence-corrected chi connectivity index (χ4v) is 2.18. The van der Waals surface area contributed by atoms with Crippen LogP contribution in [0.3, 0.4) is 0 Å². The van der Waals surface area contributed by atoms with Gasteiger partial charge in [-0.3, -0.25) is 9.97 Å². The molecule has 2 rings (SSSR count). The third-order valence-electron chi connectivity index (χ3n) is 2.96. The molecule has 0 aliphatic rings. The molecule has 0 aromatic carbocycles. The molecule has 2 aromatic rings. The minimum atomic E-state index is 0.303. The zero-order valence-corrected chi connectivity index (χ0v) is 13.5. The first-order chi connectivity index (χ1) is 9.88. The van der Waals surface area contributed by atoms with Crippen molar-refractivity contribution in [3.8, 4) is 0 Å². The van der Waals surface area contributed by atoms with Gasteiger partial charge in [0.2, 0.25) is 5.69 Å². The van der Waals surface area contributed by atoms with Crippen LogP contribution in [-0.4, -0.2) is 9.97 Å². The van der Waals surface area contributed by atoms with Crippen molar-refractivity contribution in [3.63, 3.8) is 0 Å². The summed E-state index contributed by atoms with van der Waals surface area (Å²) >= 11 is 5.71. The van der Waals surface area contributed by atoms with E-state index >= 15 is 0 Å². The summed E-state index contributed by atoms with van der Waals surface area (Å²) in [6.45, 7) is 15.1. The molecule has 0 amide bonds. The first kappa shape index (κ1) is 17.1. The zero-order valence-electron chi connectivity index (χ0n) is 12.7. The monoisotopic (exact) mass is 302 g/mol. The van der Waals surface area contributed by atoms with Gasteiger partial charge < -0.3 is 5.73 Å². The Morgan fingerprint density at radius 1 is 1.14 bits per heavy atom. The van der Waals surface area contributed by atoms with Gasteiger partial charge in [0.05, 0.1) is 6.57 Å². The molecule has 2 heterocycles. The number of rotatable bonds is 1. The Morgan fingerprint density at radius 3 is 2.24 bits per heavy atom. The smallest absolute Gasteiger partial charge is 0.226 e. The quantitative estimate of drug-likeness (QED) is 0.638. The number of aromatic nitrogens is 2. The summed E-state index contributed by atoms with van der Waals surface area (Å²) in [6.07, 6.45) is 1.84. The summed E-state index contributed by atoms with van der Waals surface area (Å²) in [7, 11) is 0. The van der Waals surface area contributed by atoms with Gasteiger partial charge >= 0.3 is 0 Å². The third kappa shape index (κ3) is 4.82. The second-order valence-electron chi connectivity index (χ2n) is 4.79. The van der Waals surface area contributed by atoms with Gasteiger partial charge in [0.25, 0.3) is 0 Å². The number of hydrogen-bond acceptors (Lipinski definition) is 3. The molecule has 2 aromatic heterocycles. The summed E-state index contributed by atoms with van der Waals surface area (Å²) in [5, 5.41) is 0.303. The van der Waals surface area contributed by atoms with E-state index in [0.717, 1.165) is 22.5 Å². The number of nitrogens with zero attached hydrogens (tertiary/aromatic N) is 3. The Labute approximate surface area is 130 Å². The van der Waals surface area contributed by atoms with E-state index < -0.39 is 0 Å². The Bertz CT molecular complexity index is 651. The Balaban J connectivity index is 0.000000211. The number of nitrogens with two attached hydrogens (primary N) is 1. The zero-order chi connectivity index (χ0) is 16.0. The van der Waals surface area contributed by atoms with Crippen molar-refractivity contribution in [2.75, 3.05) is 0 Å². The summed E-state index contributed by atoms with van der Waals surface area (Å²) in [5.74, 6) is 0. The molecule has 4 nitrogen and oxygen atoms in total. The van der Waals surface area contributed by atoms with Crippen molar-refractivity contribution in [1.29, 1.82) is 0 Å². The van der Waals surface area contributed by atoms with Crippen LogP contribution in [0.5, 0.6) is 0 Å². The Kier molecular flexibility index (Phi) is 6.29. The minimum Gasteiger partial charge on any atom is -0.326 e. The molecule has 0 saturated carbocycles. The van der Waals surface area contributed by atoms with Gasteiger partial charge in [0.15, 0.2) is 0 Å². The highest BCUT2D eigenvalue weighted by Gasteiger charge is 2.04. The Morgan fingerprint density at radius 2 is 1.76 bits per heavy atom.